The van der Waals surface area contributed by atoms with Gasteiger partial charge in [0, 0.05) is 13.0 Å². The predicted octanol–water partition coefficient (Wildman–Crippen LogP) is -0.209. The Bertz CT molecular complexity index is 254. The molecule has 13 heavy (non-hydrogen) atoms. The molecule has 2 N–H and O–H groups in total. The van der Waals surface area contributed by atoms with Crippen molar-refractivity contribution in [2.24, 2.45) is 5.92 Å². The van der Waals surface area contributed by atoms with Crippen molar-refractivity contribution in [3.8, 4) is 0 Å². The molecule has 72 valence electrons. The highest BCUT2D eigenvalue weighted by Gasteiger charge is 2.49. The smallest absolute Gasteiger partial charge is 0.245 e. The Morgan fingerprint density at radius 3 is 2.62 bits per heavy atom. The molecule has 4 heteroatoms. The van der Waals surface area contributed by atoms with Crippen molar-refractivity contribution >= 4 is 11.8 Å². The third-order valence-electron chi connectivity index (χ3n) is 3.23. The molecule has 4 nitrogen and oxygen atoms in total. The molecule has 3 fully saturated rings. The van der Waals surface area contributed by atoms with Crippen LogP contribution in [0.1, 0.15) is 25.7 Å². The van der Waals surface area contributed by atoms with E-state index in [1.54, 1.807) is 7.05 Å². The summed E-state index contributed by atoms with van der Waals surface area (Å²) in [6.45, 7) is 0. The molecule has 0 aromatic carbocycles. The van der Waals surface area contributed by atoms with Gasteiger partial charge in [-0.2, -0.15) is 0 Å². The minimum absolute atomic E-state index is 0.0426. The molecule has 1 saturated carbocycles. The third-order valence-corrected chi connectivity index (χ3v) is 3.23. The van der Waals surface area contributed by atoms with Gasteiger partial charge in [0.2, 0.25) is 11.8 Å². The second kappa shape index (κ2) is 2.72. The quantitative estimate of drug-likeness (QED) is 0.589. The molecule has 3 rings (SSSR count). The first-order chi connectivity index (χ1) is 6.18. The topological polar surface area (TPSA) is 58.2 Å². The lowest BCUT2D eigenvalue weighted by Crippen LogP contribution is -2.65. The molecule has 2 heterocycles. The van der Waals surface area contributed by atoms with E-state index in [1.807, 2.05) is 0 Å². The van der Waals surface area contributed by atoms with Crippen LogP contribution >= 0.6 is 0 Å². The number of rotatable bonds is 1. The van der Waals surface area contributed by atoms with Gasteiger partial charge in [0.05, 0.1) is 0 Å². The summed E-state index contributed by atoms with van der Waals surface area (Å²) < 4.78 is 0. The van der Waals surface area contributed by atoms with Gasteiger partial charge in [-0.25, -0.2) is 0 Å². The summed E-state index contributed by atoms with van der Waals surface area (Å²) in [4.78, 5) is 23.0. The molecule has 0 radical (unpaired) electrons. The highest BCUT2D eigenvalue weighted by molar-refractivity contribution is 5.94. The van der Waals surface area contributed by atoms with Gasteiger partial charge in [-0.05, 0) is 25.7 Å². The fraction of sp³-hybridized carbons (Fsp3) is 0.778. The zero-order valence-corrected chi connectivity index (χ0v) is 7.72. The van der Waals surface area contributed by atoms with E-state index in [2.05, 4.69) is 10.6 Å². The maximum Gasteiger partial charge on any atom is 0.245 e. The minimum atomic E-state index is -0.583. The summed E-state index contributed by atoms with van der Waals surface area (Å²) >= 11 is 0. The molecule has 1 aliphatic carbocycles. The van der Waals surface area contributed by atoms with E-state index in [9.17, 15) is 9.59 Å². The standard InChI is InChI=1S/C9H14N2O2/c1-10-8(13)9-4-2-6(3-5-9)7(12)11-9/h6H,2-5H2,1H3,(H,10,13)(H,11,12). The summed E-state index contributed by atoms with van der Waals surface area (Å²) in [6, 6.07) is 0. The zero-order valence-electron chi connectivity index (χ0n) is 7.72. The Morgan fingerprint density at radius 1 is 1.54 bits per heavy atom. The predicted molar refractivity (Wildman–Crippen MR) is 46.9 cm³/mol. The molecule has 3 aliphatic rings. The van der Waals surface area contributed by atoms with Crippen molar-refractivity contribution in [2.45, 2.75) is 31.2 Å². The number of carbonyl (C=O) groups is 2. The Kier molecular flexibility index (Phi) is 1.78. The summed E-state index contributed by atoms with van der Waals surface area (Å²) in [5.74, 6) is 0.173. The third kappa shape index (κ3) is 1.12. The monoisotopic (exact) mass is 182 g/mol. The average Bonchev–Trinajstić information content (AvgIpc) is 2.18. The average molecular weight is 182 g/mol. The number of hydrogen-bond acceptors (Lipinski definition) is 2. The molecule has 2 bridgehead atoms. The highest BCUT2D eigenvalue weighted by Crippen LogP contribution is 2.37. The minimum Gasteiger partial charge on any atom is -0.357 e. The van der Waals surface area contributed by atoms with Crippen molar-refractivity contribution < 1.29 is 9.59 Å². The molecular formula is C9H14N2O2. The number of likely N-dealkylation sites (N-methyl/N-ethyl adjacent to an activating group) is 1. The van der Waals surface area contributed by atoms with Crippen LogP contribution in [-0.2, 0) is 9.59 Å². The summed E-state index contributed by atoms with van der Waals surface area (Å²) in [7, 11) is 1.62. The van der Waals surface area contributed by atoms with Crippen molar-refractivity contribution in [3.63, 3.8) is 0 Å². The molecule has 0 aromatic heterocycles. The van der Waals surface area contributed by atoms with Crippen LogP contribution in [0, 0.1) is 5.92 Å². The SMILES string of the molecule is CNC(=O)C12CCC(CC1)C(=O)N2. The Hall–Kier alpha value is -1.06. The molecule has 0 spiro atoms. The lowest BCUT2D eigenvalue weighted by Gasteiger charge is -2.44. The number of nitrogens with one attached hydrogen (secondary N) is 2. The van der Waals surface area contributed by atoms with Gasteiger partial charge < -0.3 is 10.6 Å². The first kappa shape index (κ1) is 8.53. The second-order valence-electron chi connectivity index (χ2n) is 3.92. The highest BCUT2D eigenvalue weighted by atomic mass is 16.2. The normalized spacial score (nSPS) is 37.0. The van der Waals surface area contributed by atoms with Crippen molar-refractivity contribution in [1.82, 2.24) is 10.6 Å². The fourth-order valence-corrected chi connectivity index (χ4v) is 2.36. The molecule has 0 atom stereocenters. The van der Waals surface area contributed by atoms with E-state index >= 15 is 0 Å². The van der Waals surface area contributed by atoms with E-state index in [1.165, 1.54) is 0 Å². The van der Waals surface area contributed by atoms with Gasteiger partial charge in [-0.15, -0.1) is 0 Å². The van der Waals surface area contributed by atoms with Crippen LogP contribution < -0.4 is 10.6 Å². The van der Waals surface area contributed by atoms with Crippen LogP contribution in [0.4, 0.5) is 0 Å². The lowest BCUT2D eigenvalue weighted by atomic mass is 9.71. The summed E-state index contributed by atoms with van der Waals surface area (Å²) in [5.41, 5.74) is -0.583. The van der Waals surface area contributed by atoms with Gasteiger partial charge in [0.25, 0.3) is 0 Å². The van der Waals surface area contributed by atoms with Crippen LogP contribution in [0.25, 0.3) is 0 Å². The van der Waals surface area contributed by atoms with Crippen molar-refractivity contribution in [1.29, 1.82) is 0 Å². The van der Waals surface area contributed by atoms with Gasteiger partial charge >= 0.3 is 0 Å². The Labute approximate surface area is 77.1 Å². The van der Waals surface area contributed by atoms with Gasteiger partial charge in [0.1, 0.15) is 5.54 Å². The molecule has 0 unspecified atom stereocenters. The van der Waals surface area contributed by atoms with Crippen LogP contribution in [0.15, 0.2) is 0 Å². The van der Waals surface area contributed by atoms with Crippen molar-refractivity contribution in [3.05, 3.63) is 0 Å². The largest absolute Gasteiger partial charge is 0.357 e. The molecular weight excluding hydrogens is 168 g/mol. The number of amides is 2. The first-order valence-electron chi connectivity index (χ1n) is 4.72. The number of carbonyl (C=O) groups excluding carboxylic acids is 2. The maximum absolute atomic E-state index is 11.6. The van der Waals surface area contributed by atoms with Crippen LogP contribution in [-0.4, -0.2) is 24.4 Å². The van der Waals surface area contributed by atoms with Crippen LogP contribution in [0.2, 0.25) is 0 Å². The second-order valence-corrected chi connectivity index (χ2v) is 3.92. The van der Waals surface area contributed by atoms with Crippen LogP contribution in [0.5, 0.6) is 0 Å². The number of hydrogen-bond donors (Lipinski definition) is 2. The van der Waals surface area contributed by atoms with Gasteiger partial charge in [0.15, 0.2) is 0 Å². The Balaban J connectivity index is 2.22. The van der Waals surface area contributed by atoms with E-state index in [0.717, 1.165) is 25.7 Å². The van der Waals surface area contributed by atoms with E-state index < -0.39 is 5.54 Å². The number of piperidine rings is 2. The van der Waals surface area contributed by atoms with Gasteiger partial charge in [-0.3, -0.25) is 9.59 Å². The molecule has 2 saturated heterocycles. The lowest BCUT2D eigenvalue weighted by molar-refractivity contribution is -0.143. The molecule has 2 aliphatic heterocycles. The summed E-state index contributed by atoms with van der Waals surface area (Å²) in [5, 5.41) is 5.45. The van der Waals surface area contributed by atoms with Crippen molar-refractivity contribution in [2.75, 3.05) is 7.05 Å². The van der Waals surface area contributed by atoms with E-state index in [0.29, 0.717) is 0 Å². The Morgan fingerprint density at radius 2 is 2.15 bits per heavy atom. The maximum atomic E-state index is 11.6. The molecule has 2 amide bonds. The number of fused-ring (bicyclic) bond motifs is 3. The molecule has 0 aromatic rings. The first-order valence-corrected chi connectivity index (χ1v) is 4.72. The fourth-order valence-electron chi connectivity index (χ4n) is 2.36. The van der Waals surface area contributed by atoms with Gasteiger partial charge in [-0.1, -0.05) is 0 Å². The van der Waals surface area contributed by atoms with E-state index in [-0.39, 0.29) is 17.7 Å². The van der Waals surface area contributed by atoms with E-state index in [4.69, 9.17) is 0 Å². The van der Waals surface area contributed by atoms with Crippen LogP contribution in [0.3, 0.4) is 0 Å². The summed E-state index contributed by atoms with van der Waals surface area (Å²) in [6.07, 6.45) is 3.31. The zero-order chi connectivity index (χ0) is 9.47.